The van der Waals surface area contributed by atoms with Crippen LogP contribution in [0.5, 0.6) is 0 Å². The summed E-state index contributed by atoms with van der Waals surface area (Å²) in [7, 11) is 0. The number of amides is 4. The molecule has 4 aromatic heterocycles. The number of imidazole rings is 1. The summed E-state index contributed by atoms with van der Waals surface area (Å²) in [5, 5.41) is 9.27. The molecule has 0 bridgehead atoms. The van der Waals surface area contributed by atoms with Crippen molar-refractivity contribution in [2.45, 2.75) is 65.3 Å². The van der Waals surface area contributed by atoms with Crippen molar-refractivity contribution in [3.63, 3.8) is 0 Å². The average Bonchev–Trinajstić information content (AvgIpc) is 3.97. The molecule has 3 aliphatic rings. The highest BCUT2D eigenvalue weighted by Gasteiger charge is 2.28. The molecule has 0 saturated carbocycles. The smallest absolute Gasteiger partial charge is 0.328 e. The summed E-state index contributed by atoms with van der Waals surface area (Å²) in [5.41, 5.74) is 7.37. The fourth-order valence-corrected chi connectivity index (χ4v) is 8.72. The number of piperazine rings is 1. The zero-order valence-electron chi connectivity index (χ0n) is 36.4. The zero-order valence-corrected chi connectivity index (χ0v) is 36.4. The maximum absolute atomic E-state index is 12.9. The molecule has 0 aliphatic carbocycles. The summed E-state index contributed by atoms with van der Waals surface area (Å²) in [6.07, 6.45) is 6.01. The van der Waals surface area contributed by atoms with E-state index in [-0.39, 0.29) is 29.2 Å². The minimum atomic E-state index is -0.396. The Labute approximate surface area is 365 Å². The largest absolute Gasteiger partial charge is 0.372 e. The van der Waals surface area contributed by atoms with Crippen molar-refractivity contribution in [1.29, 1.82) is 0 Å². The van der Waals surface area contributed by atoms with Crippen molar-refractivity contribution in [3.8, 4) is 22.6 Å². The maximum Gasteiger partial charge on any atom is 0.328 e. The number of anilines is 3. The van der Waals surface area contributed by atoms with Crippen molar-refractivity contribution >= 4 is 46.2 Å². The molecule has 1 atom stereocenters. The van der Waals surface area contributed by atoms with E-state index >= 15 is 0 Å². The summed E-state index contributed by atoms with van der Waals surface area (Å²) in [6, 6.07) is 17.6. The van der Waals surface area contributed by atoms with Gasteiger partial charge in [-0.3, -0.25) is 24.7 Å². The predicted molar refractivity (Wildman–Crippen MR) is 240 cm³/mol. The van der Waals surface area contributed by atoms with Gasteiger partial charge in [-0.25, -0.2) is 24.7 Å². The van der Waals surface area contributed by atoms with E-state index in [4.69, 9.17) is 14.5 Å². The second-order valence-corrected chi connectivity index (χ2v) is 17.8. The van der Waals surface area contributed by atoms with Gasteiger partial charge < -0.3 is 24.6 Å². The van der Waals surface area contributed by atoms with Crippen LogP contribution in [0.4, 0.5) is 22.0 Å². The van der Waals surface area contributed by atoms with Gasteiger partial charge in [0.1, 0.15) is 23.5 Å². The van der Waals surface area contributed by atoms with E-state index in [0.717, 1.165) is 104 Å². The van der Waals surface area contributed by atoms with E-state index in [1.165, 1.54) is 12.0 Å². The molecule has 326 valence electrons. The number of carbonyl (C=O) groups is 3. The van der Waals surface area contributed by atoms with Crippen molar-refractivity contribution in [2.75, 3.05) is 67.1 Å². The van der Waals surface area contributed by atoms with Gasteiger partial charge in [0, 0.05) is 92.9 Å². The van der Waals surface area contributed by atoms with Crippen LogP contribution in [0.1, 0.15) is 80.6 Å². The number of piperidine rings is 1. The van der Waals surface area contributed by atoms with Crippen LogP contribution in [0, 0.1) is 12.8 Å². The van der Waals surface area contributed by atoms with E-state index in [9.17, 15) is 14.4 Å². The Hall–Kier alpha value is -6.75. The first-order chi connectivity index (χ1) is 30.4. The lowest BCUT2D eigenvalue weighted by Crippen LogP contribution is -2.49. The highest BCUT2D eigenvalue weighted by Crippen LogP contribution is 2.31. The number of aryl methyl sites for hydroxylation is 1. The van der Waals surface area contributed by atoms with E-state index in [1.807, 2.05) is 65.1 Å². The molecule has 3 N–H and O–H groups in total. The second-order valence-electron chi connectivity index (χ2n) is 17.8. The molecule has 7 heterocycles. The summed E-state index contributed by atoms with van der Waals surface area (Å²) in [6.45, 7) is 17.2. The van der Waals surface area contributed by atoms with Crippen LogP contribution < -0.4 is 25.3 Å². The number of H-pyrrole nitrogens is 1. The third-order valence-electron chi connectivity index (χ3n) is 12.3. The van der Waals surface area contributed by atoms with Gasteiger partial charge in [0.15, 0.2) is 5.65 Å². The third-order valence-corrected chi connectivity index (χ3v) is 12.3. The van der Waals surface area contributed by atoms with Crippen LogP contribution in [0.3, 0.4) is 0 Å². The average molecular weight is 852 g/mol. The molecule has 3 aliphatic heterocycles. The molecule has 0 spiro atoms. The van der Waals surface area contributed by atoms with Crippen molar-refractivity contribution in [3.05, 3.63) is 90.0 Å². The summed E-state index contributed by atoms with van der Waals surface area (Å²) in [4.78, 5) is 72.2. The van der Waals surface area contributed by atoms with Crippen molar-refractivity contribution in [1.82, 2.24) is 50.6 Å². The molecule has 2 aromatic carbocycles. The highest BCUT2D eigenvalue weighted by atomic mass is 16.5. The quantitative estimate of drug-likeness (QED) is 0.144. The lowest BCUT2D eigenvalue weighted by Gasteiger charge is -2.39. The standard InChI is InChI=1S/C46H53N13O4/c1-28-24-31(6-12-35(28)29(2)50-43(61)42-54-44(63-55-42)46(3,4)5)38-39-41(49-27-48-38)53-40(52-39)32-7-13-36(47-25-32)58-22-20-56(21-23-58)26-30-14-17-57(18-15-30)33-8-10-34(11-9-33)59-19-16-37(60)51-45(59)62/h6-13,24-25,27,29-30H,14-23,26H2,1-5H3,(H,50,61)(H,51,60,62)(H,48,49,52,53)/t29-/m1/s1. The second kappa shape index (κ2) is 17.2. The molecule has 6 aromatic rings. The number of nitrogens with one attached hydrogen (secondary N) is 3. The van der Waals surface area contributed by atoms with Gasteiger partial charge >= 0.3 is 6.03 Å². The number of urea groups is 1. The van der Waals surface area contributed by atoms with E-state index < -0.39 is 5.91 Å². The minimum Gasteiger partial charge on any atom is -0.372 e. The minimum absolute atomic E-state index is 0.0120. The number of benzene rings is 2. The van der Waals surface area contributed by atoms with Crippen molar-refractivity contribution in [2.24, 2.45) is 5.92 Å². The van der Waals surface area contributed by atoms with Gasteiger partial charge in [-0.05, 0) is 86.2 Å². The van der Waals surface area contributed by atoms with Gasteiger partial charge in [0.25, 0.3) is 11.7 Å². The molecule has 17 heteroatoms. The normalized spacial score (nSPS) is 17.3. The molecule has 17 nitrogen and oxygen atoms in total. The monoisotopic (exact) mass is 851 g/mol. The SMILES string of the molecule is Cc1cc(-c2ncnc3nc(-c4ccc(N5CCN(CC6CCN(c7ccc(N8CCC(=O)NC8=O)cc7)CC6)CC5)nc4)[nH]c23)ccc1[C@@H](C)NC(=O)c1noc(C(C)(C)C)n1. The number of carbonyl (C=O) groups excluding carboxylic acids is 3. The number of imide groups is 1. The maximum atomic E-state index is 12.9. The number of pyridine rings is 1. The molecule has 3 saturated heterocycles. The van der Waals surface area contributed by atoms with Crippen LogP contribution in [0.2, 0.25) is 0 Å². The first-order valence-corrected chi connectivity index (χ1v) is 21.7. The number of rotatable bonds is 10. The summed E-state index contributed by atoms with van der Waals surface area (Å²) >= 11 is 0. The number of hydrogen-bond donors (Lipinski definition) is 3. The Morgan fingerprint density at radius 3 is 2.30 bits per heavy atom. The molecule has 0 unspecified atom stereocenters. The van der Waals surface area contributed by atoms with Crippen LogP contribution in [-0.2, 0) is 10.2 Å². The van der Waals surface area contributed by atoms with Gasteiger partial charge in [0.2, 0.25) is 11.8 Å². The fraction of sp³-hybridized carbons (Fsp3) is 0.413. The van der Waals surface area contributed by atoms with Gasteiger partial charge in [0.05, 0.1) is 11.7 Å². The van der Waals surface area contributed by atoms with Crippen LogP contribution in [-0.4, -0.2) is 110 Å². The summed E-state index contributed by atoms with van der Waals surface area (Å²) < 4.78 is 5.31. The molecular weight excluding hydrogens is 799 g/mol. The lowest BCUT2D eigenvalue weighted by molar-refractivity contribution is -0.120. The lowest BCUT2D eigenvalue weighted by atomic mass is 9.95. The number of aromatic amines is 1. The first-order valence-electron chi connectivity index (χ1n) is 21.7. The van der Waals surface area contributed by atoms with Crippen molar-refractivity contribution < 1.29 is 18.9 Å². The molecule has 63 heavy (non-hydrogen) atoms. The van der Waals surface area contributed by atoms with Crippen LogP contribution in [0.25, 0.3) is 33.8 Å². The summed E-state index contributed by atoms with van der Waals surface area (Å²) in [5.74, 6) is 2.09. The Morgan fingerprint density at radius 1 is 0.873 bits per heavy atom. The first kappa shape index (κ1) is 41.6. The molecule has 3 fully saturated rings. The fourth-order valence-electron chi connectivity index (χ4n) is 8.72. The third kappa shape index (κ3) is 8.96. The predicted octanol–water partition coefficient (Wildman–Crippen LogP) is 6.05. The number of hydrogen-bond acceptors (Lipinski definition) is 13. The topological polar surface area (TPSA) is 194 Å². The Balaban J connectivity index is 0.768. The number of aromatic nitrogens is 7. The zero-order chi connectivity index (χ0) is 43.8. The number of nitrogens with zero attached hydrogens (tertiary/aromatic N) is 10. The van der Waals surface area contributed by atoms with Gasteiger partial charge in [-0.2, -0.15) is 4.98 Å². The molecule has 9 rings (SSSR count). The highest BCUT2D eigenvalue weighted by molar-refractivity contribution is 6.05. The Bertz CT molecular complexity index is 2620. The van der Waals surface area contributed by atoms with E-state index in [0.29, 0.717) is 36.2 Å². The van der Waals surface area contributed by atoms with Gasteiger partial charge in [-0.15, -0.1) is 0 Å². The Morgan fingerprint density at radius 2 is 1.62 bits per heavy atom. The molecule has 0 radical (unpaired) electrons. The van der Waals surface area contributed by atoms with Crippen LogP contribution in [0.15, 0.2) is 71.6 Å². The van der Waals surface area contributed by atoms with E-state index in [2.05, 4.69) is 80.8 Å². The van der Waals surface area contributed by atoms with Gasteiger partial charge in [-0.1, -0.05) is 38.1 Å². The number of fused-ring (bicyclic) bond motifs is 1. The molecular formula is C46H53N13O4. The molecule has 4 amide bonds. The Kier molecular flexibility index (Phi) is 11.4. The van der Waals surface area contributed by atoms with Crippen LogP contribution >= 0.6 is 0 Å². The van der Waals surface area contributed by atoms with E-state index in [1.54, 1.807) is 4.90 Å².